The number of carbonyl (C=O) groups is 1. The molecule has 1 saturated heterocycles. The van der Waals surface area contributed by atoms with E-state index in [1.54, 1.807) is 16.8 Å². The van der Waals surface area contributed by atoms with Gasteiger partial charge in [-0.25, -0.2) is 0 Å². The Morgan fingerprint density at radius 2 is 2.24 bits per heavy atom. The third kappa shape index (κ3) is 2.30. The van der Waals surface area contributed by atoms with Gasteiger partial charge < -0.3 is 15.2 Å². The molecule has 1 unspecified atom stereocenters. The minimum atomic E-state index is 0.104. The van der Waals surface area contributed by atoms with Crippen LogP contribution in [0.3, 0.4) is 0 Å². The topological polar surface area (TPSA) is 51.3 Å². The average molecular weight is 235 g/mol. The van der Waals surface area contributed by atoms with Crippen molar-refractivity contribution in [3.63, 3.8) is 0 Å². The fraction of sp³-hybridized carbons (Fsp3) is 0.615. The van der Waals surface area contributed by atoms with Gasteiger partial charge >= 0.3 is 0 Å². The van der Waals surface area contributed by atoms with E-state index in [1.165, 1.54) is 0 Å². The van der Waals surface area contributed by atoms with E-state index in [0.717, 1.165) is 19.5 Å². The smallest absolute Gasteiger partial charge is 0.270 e. The molecule has 1 aliphatic rings. The van der Waals surface area contributed by atoms with Crippen LogP contribution in [-0.2, 0) is 7.05 Å². The molecule has 2 heterocycles. The van der Waals surface area contributed by atoms with Crippen LogP contribution < -0.4 is 5.73 Å². The van der Waals surface area contributed by atoms with Gasteiger partial charge in [0.2, 0.25) is 0 Å². The van der Waals surface area contributed by atoms with Crippen molar-refractivity contribution in [1.29, 1.82) is 0 Å². The van der Waals surface area contributed by atoms with Crippen LogP contribution in [0.25, 0.3) is 0 Å². The van der Waals surface area contributed by atoms with E-state index in [4.69, 9.17) is 5.73 Å². The molecule has 1 aliphatic heterocycles. The molecule has 1 amide bonds. The van der Waals surface area contributed by atoms with Crippen LogP contribution in [0.2, 0.25) is 0 Å². The van der Waals surface area contributed by atoms with Crippen LogP contribution in [0.15, 0.2) is 12.3 Å². The molecule has 1 fully saturated rings. The summed E-state index contributed by atoms with van der Waals surface area (Å²) in [5.41, 5.74) is 7.04. The summed E-state index contributed by atoms with van der Waals surface area (Å²) < 4.78 is 1.81. The molecule has 1 atom stereocenters. The lowest BCUT2D eigenvalue weighted by atomic mass is 9.95. The molecule has 94 valence electrons. The van der Waals surface area contributed by atoms with Crippen molar-refractivity contribution in [3.8, 4) is 0 Å². The molecule has 2 rings (SSSR count). The number of hydrogen-bond acceptors (Lipinski definition) is 2. The van der Waals surface area contributed by atoms with Crippen molar-refractivity contribution in [2.24, 2.45) is 18.9 Å². The normalized spacial score (nSPS) is 20.2. The lowest BCUT2D eigenvalue weighted by molar-refractivity contribution is 0.0774. The Labute approximate surface area is 102 Å². The summed E-state index contributed by atoms with van der Waals surface area (Å²) in [6.07, 6.45) is 2.90. The highest BCUT2D eigenvalue weighted by atomic mass is 16.2. The highest BCUT2D eigenvalue weighted by Crippen LogP contribution is 2.25. The van der Waals surface area contributed by atoms with Crippen LogP contribution in [0.5, 0.6) is 0 Å². The minimum absolute atomic E-state index is 0.104. The first-order chi connectivity index (χ1) is 7.99. The molecule has 0 radical (unpaired) electrons. The fourth-order valence-electron chi connectivity index (χ4n) is 2.48. The zero-order valence-electron chi connectivity index (χ0n) is 10.8. The van der Waals surface area contributed by atoms with Crippen LogP contribution in [-0.4, -0.2) is 28.5 Å². The van der Waals surface area contributed by atoms with E-state index in [1.807, 2.05) is 11.9 Å². The molecule has 17 heavy (non-hydrogen) atoms. The van der Waals surface area contributed by atoms with Crippen LogP contribution >= 0.6 is 0 Å². The standard InChI is InChI=1S/C13H21N3O/c1-9(2)10-4-5-16(7-10)13(17)12-6-11(14)8-15(12)3/h6,8-10H,4-5,7,14H2,1-3H3. The molecule has 2 N–H and O–H groups in total. The van der Waals surface area contributed by atoms with E-state index in [-0.39, 0.29) is 5.91 Å². The maximum atomic E-state index is 12.3. The zero-order valence-corrected chi connectivity index (χ0v) is 10.8. The number of carbonyl (C=O) groups excluding carboxylic acids is 1. The molecule has 4 heteroatoms. The fourth-order valence-corrected chi connectivity index (χ4v) is 2.48. The lowest BCUT2D eigenvalue weighted by Crippen LogP contribution is -2.30. The monoisotopic (exact) mass is 235 g/mol. The number of rotatable bonds is 2. The Hall–Kier alpha value is -1.45. The Morgan fingerprint density at radius 3 is 2.71 bits per heavy atom. The third-order valence-corrected chi connectivity index (χ3v) is 3.70. The highest BCUT2D eigenvalue weighted by Gasteiger charge is 2.29. The lowest BCUT2D eigenvalue weighted by Gasteiger charge is -2.18. The maximum absolute atomic E-state index is 12.3. The molecular weight excluding hydrogens is 214 g/mol. The molecule has 0 aliphatic carbocycles. The van der Waals surface area contributed by atoms with Crippen molar-refractivity contribution in [2.45, 2.75) is 20.3 Å². The molecular formula is C13H21N3O. The van der Waals surface area contributed by atoms with Crippen molar-refractivity contribution in [1.82, 2.24) is 9.47 Å². The Balaban J connectivity index is 2.09. The molecule has 1 aromatic heterocycles. The van der Waals surface area contributed by atoms with E-state index in [9.17, 15) is 4.79 Å². The van der Waals surface area contributed by atoms with Crippen molar-refractivity contribution >= 4 is 11.6 Å². The van der Waals surface area contributed by atoms with Gasteiger partial charge in [-0.3, -0.25) is 4.79 Å². The van der Waals surface area contributed by atoms with Gasteiger partial charge in [-0.1, -0.05) is 13.8 Å². The Morgan fingerprint density at radius 1 is 1.53 bits per heavy atom. The van der Waals surface area contributed by atoms with Gasteiger partial charge in [0.25, 0.3) is 5.91 Å². The van der Waals surface area contributed by atoms with Gasteiger partial charge in [0, 0.05) is 26.3 Å². The predicted molar refractivity (Wildman–Crippen MR) is 68.7 cm³/mol. The second-order valence-corrected chi connectivity index (χ2v) is 5.31. The minimum Gasteiger partial charge on any atom is -0.397 e. The average Bonchev–Trinajstić information content (AvgIpc) is 2.84. The number of aryl methyl sites for hydroxylation is 1. The summed E-state index contributed by atoms with van der Waals surface area (Å²) in [5.74, 6) is 1.38. The first-order valence-electron chi connectivity index (χ1n) is 6.20. The Kier molecular flexibility index (Phi) is 3.13. The quantitative estimate of drug-likeness (QED) is 0.848. The second kappa shape index (κ2) is 4.43. The Bertz CT molecular complexity index is 422. The van der Waals surface area contributed by atoms with Gasteiger partial charge in [0.15, 0.2) is 0 Å². The number of aromatic nitrogens is 1. The molecule has 0 bridgehead atoms. The largest absolute Gasteiger partial charge is 0.397 e. The number of nitrogens with two attached hydrogens (primary N) is 1. The van der Waals surface area contributed by atoms with Crippen LogP contribution in [0.1, 0.15) is 30.8 Å². The number of nitrogens with zero attached hydrogens (tertiary/aromatic N) is 2. The third-order valence-electron chi connectivity index (χ3n) is 3.70. The first kappa shape index (κ1) is 12.0. The summed E-state index contributed by atoms with van der Waals surface area (Å²) >= 11 is 0. The first-order valence-corrected chi connectivity index (χ1v) is 6.20. The maximum Gasteiger partial charge on any atom is 0.270 e. The number of nitrogen functional groups attached to an aromatic ring is 1. The van der Waals surface area contributed by atoms with E-state index in [0.29, 0.717) is 23.2 Å². The van der Waals surface area contributed by atoms with Gasteiger partial charge in [-0.15, -0.1) is 0 Å². The molecule has 0 aromatic carbocycles. The van der Waals surface area contributed by atoms with Gasteiger partial charge in [0.05, 0.1) is 5.69 Å². The number of hydrogen-bond donors (Lipinski definition) is 1. The summed E-state index contributed by atoms with van der Waals surface area (Å²) in [6, 6.07) is 1.75. The highest BCUT2D eigenvalue weighted by molar-refractivity contribution is 5.94. The molecule has 0 spiro atoms. The van der Waals surface area contributed by atoms with Gasteiger partial charge in [-0.05, 0) is 24.3 Å². The molecule has 4 nitrogen and oxygen atoms in total. The van der Waals surface area contributed by atoms with Crippen LogP contribution in [0, 0.1) is 11.8 Å². The summed E-state index contributed by atoms with van der Waals surface area (Å²) in [7, 11) is 1.86. The van der Waals surface area contributed by atoms with Crippen molar-refractivity contribution in [2.75, 3.05) is 18.8 Å². The summed E-state index contributed by atoms with van der Waals surface area (Å²) in [5, 5.41) is 0. The van der Waals surface area contributed by atoms with Crippen LogP contribution in [0.4, 0.5) is 5.69 Å². The summed E-state index contributed by atoms with van der Waals surface area (Å²) in [6.45, 7) is 6.19. The molecule has 1 aromatic rings. The van der Waals surface area contributed by atoms with Crippen molar-refractivity contribution < 1.29 is 4.79 Å². The predicted octanol–water partition coefficient (Wildman–Crippen LogP) is 1.73. The number of anilines is 1. The zero-order chi connectivity index (χ0) is 12.6. The number of likely N-dealkylation sites (tertiary alicyclic amines) is 1. The van der Waals surface area contributed by atoms with E-state index >= 15 is 0 Å². The van der Waals surface area contributed by atoms with E-state index < -0.39 is 0 Å². The SMILES string of the molecule is CC(C)C1CCN(C(=O)c2cc(N)cn2C)C1. The van der Waals surface area contributed by atoms with Crippen molar-refractivity contribution in [3.05, 3.63) is 18.0 Å². The van der Waals surface area contributed by atoms with Gasteiger partial charge in [-0.2, -0.15) is 0 Å². The number of amides is 1. The molecule has 0 saturated carbocycles. The van der Waals surface area contributed by atoms with Gasteiger partial charge in [0.1, 0.15) is 5.69 Å². The van der Waals surface area contributed by atoms with E-state index in [2.05, 4.69) is 13.8 Å². The summed E-state index contributed by atoms with van der Waals surface area (Å²) in [4.78, 5) is 14.2. The second-order valence-electron chi connectivity index (χ2n) is 5.31.